The summed E-state index contributed by atoms with van der Waals surface area (Å²) in [5, 5.41) is 0. The molecule has 0 bridgehead atoms. The van der Waals surface area contributed by atoms with Gasteiger partial charge >= 0.3 is 0 Å². The monoisotopic (exact) mass is 244 g/mol. The molecule has 2 fully saturated rings. The van der Waals surface area contributed by atoms with E-state index in [0.717, 1.165) is 12.0 Å². The number of piperidine rings is 1. The van der Waals surface area contributed by atoms with Crippen molar-refractivity contribution in [3.05, 3.63) is 29.8 Å². The largest absolute Gasteiger partial charge is 0.368 e. The number of nitrogens with two attached hydrogens (primary N) is 1. The highest BCUT2D eigenvalue weighted by Gasteiger charge is 2.33. The molecule has 0 unspecified atom stereocenters. The van der Waals surface area contributed by atoms with Gasteiger partial charge < -0.3 is 10.6 Å². The first kappa shape index (κ1) is 12.0. The zero-order valence-corrected chi connectivity index (χ0v) is 11.1. The van der Waals surface area contributed by atoms with Crippen molar-refractivity contribution >= 4 is 5.69 Å². The summed E-state index contributed by atoms with van der Waals surface area (Å²) in [5.41, 5.74) is 8.31. The van der Waals surface area contributed by atoms with Gasteiger partial charge in [-0.25, -0.2) is 0 Å². The molecule has 1 heterocycles. The lowest BCUT2D eigenvalue weighted by molar-refractivity contribution is 0.244. The predicted octanol–water partition coefficient (Wildman–Crippen LogP) is 3.30. The topological polar surface area (TPSA) is 29.3 Å². The molecule has 2 heteroatoms. The summed E-state index contributed by atoms with van der Waals surface area (Å²) in [6.45, 7) is 1.88. The lowest BCUT2D eigenvalue weighted by Crippen LogP contribution is -2.46. The summed E-state index contributed by atoms with van der Waals surface area (Å²) in [6, 6.07) is 9.69. The molecule has 1 aromatic rings. The number of hydrogen-bond donors (Lipinski definition) is 1. The third-order valence-corrected chi connectivity index (χ3v) is 4.75. The Morgan fingerprint density at radius 3 is 2.50 bits per heavy atom. The van der Waals surface area contributed by atoms with Crippen molar-refractivity contribution in [3.63, 3.8) is 0 Å². The fourth-order valence-corrected chi connectivity index (χ4v) is 3.77. The van der Waals surface area contributed by atoms with E-state index < -0.39 is 0 Å². The van der Waals surface area contributed by atoms with E-state index in [1.54, 1.807) is 0 Å². The summed E-state index contributed by atoms with van der Waals surface area (Å²) in [5.74, 6) is 0.946. The minimum atomic E-state index is 0.645. The van der Waals surface area contributed by atoms with Gasteiger partial charge in [-0.05, 0) is 49.3 Å². The molecule has 1 aliphatic heterocycles. The van der Waals surface area contributed by atoms with Crippen LogP contribution in [0.15, 0.2) is 24.3 Å². The molecular formula is C16H24N2. The van der Waals surface area contributed by atoms with Gasteiger partial charge in [0, 0.05) is 24.8 Å². The van der Waals surface area contributed by atoms with Crippen LogP contribution in [0, 0.1) is 5.92 Å². The van der Waals surface area contributed by atoms with Crippen molar-refractivity contribution in [2.24, 2.45) is 11.7 Å². The zero-order chi connectivity index (χ0) is 12.4. The lowest BCUT2D eigenvalue weighted by Gasteiger charge is -2.45. The molecule has 0 spiro atoms. The second kappa shape index (κ2) is 5.31. The Kier molecular flexibility index (Phi) is 3.55. The molecule has 1 aromatic carbocycles. The summed E-state index contributed by atoms with van der Waals surface area (Å²) in [4.78, 5) is 2.66. The average molecular weight is 244 g/mol. The molecule has 18 heavy (non-hydrogen) atoms. The van der Waals surface area contributed by atoms with Crippen LogP contribution in [0.2, 0.25) is 0 Å². The molecule has 1 saturated heterocycles. The summed E-state index contributed by atoms with van der Waals surface area (Å²) >= 11 is 0. The van der Waals surface area contributed by atoms with Crippen molar-refractivity contribution in [3.8, 4) is 0 Å². The molecule has 98 valence electrons. The maximum Gasteiger partial charge on any atom is 0.0369 e. The van der Waals surface area contributed by atoms with Crippen LogP contribution in [0.1, 0.15) is 44.1 Å². The maximum absolute atomic E-state index is 5.67. The Balaban J connectivity index is 1.80. The summed E-state index contributed by atoms with van der Waals surface area (Å²) < 4.78 is 0. The Labute approximate surface area is 110 Å². The number of fused-ring (bicyclic) bond motifs is 1. The average Bonchev–Trinajstić information content (AvgIpc) is 2.47. The highest BCUT2D eigenvalue weighted by molar-refractivity contribution is 5.49. The highest BCUT2D eigenvalue weighted by Crippen LogP contribution is 2.37. The number of hydrogen-bond acceptors (Lipinski definition) is 2. The molecule has 2 N–H and O–H groups in total. The van der Waals surface area contributed by atoms with E-state index >= 15 is 0 Å². The fourth-order valence-electron chi connectivity index (χ4n) is 3.77. The van der Waals surface area contributed by atoms with Crippen molar-refractivity contribution in [1.82, 2.24) is 0 Å². The fraction of sp³-hybridized carbons (Fsp3) is 0.625. The molecule has 1 aliphatic carbocycles. The molecule has 2 nitrogen and oxygen atoms in total. The summed E-state index contributed by atoms with van der Waals surface area (Å²) in [6.07, 6.45) is 8.51. The van der Waals surface area contributed by atoms with E-state index in [2.05, 4.69) is 29.2 Å². The number of rotatable bonds is 2. The van der Waals surface area contributed by atoms with Crippen LogP contribution in [0.3, 0.4) is 0 Å². The van der Waals surface area contributed by atoms with E-state index in [0.29, 0.717) is 6.54 Å². The predicted molar refractivity (Wildman–Crippen MR) is 76.7 cm³/mol. The van der Waals surface area contributed by atoms with Gasteiger partial charge in [0.25, 0.3) is 0 Å². The first-order valence-electron chi connectivity index (χ1n) is 7.44. The van der Waals surface area contributed by atoms with Crippen LogP contribution in [-0.2, 0) is 6.54 Å². The second-order valence-electron chi connectivity index (χ2n) is 5.82. The van der Waals surface area contributed by atoms with E-state index in [1.807, 2.05) is 0 Å². The maximum atomic E-state index is 5.67. The van der Waals surface area contributed by atoms with Gasteiger partial charge in [0.2, 0.25) is 0 Å². The quantitative estimate of drug-likeness (QED) is 0.865. The second-order valence-corrected chi connectivity index (χ2v) is 5.82. The Hall–Kier alpha value is -1.02. The van der Waals surface area contributed by atoms with Crippen LogP contribution < -0.4 is 10.6 Å². The Bertz CT molecular complexity index is 383. The van der Waals surface area contributed by atoms with E-state index in [-0.39, 0.29) is 0 Å². The molecule has 2 atom stereocenters. The van der Waals surface area contributed by atoms with Crippen molar-refractivity contribution in [1.29, 1.82) is 0 Å². The highest BCUT2D eigenvalue weighted by atomic mass is 15.2. The molecule has 0 amide bonds. The molecule has 1 saturated carbocycles. The summed E-state index contributed by atoms with van der Waals surface area (Å²) in [7, 11) is 0. The Morgan fingerprint density at radius 1 is 1.00 bits per heavy atom. The van der Waals surface area contributed by atoms with Crippen LogP contribution in [0.4, 0.5) is 5.69 Å². The number of benzene rings is 1. The van der Waals surface area contributed by atoms with Gasteiger partial charge in [0.05, 0.1) is 0 Å². The zero-order valence-electron chi connectivity index (χ0n) is 11.1. The van der Waals surface area contributed by atoms with Crippen LogP contribution in [-0.4, -0.2) is 12.6 Å². The van der Waals surface area contributed by atoms with Crippen molar-refractivity contribution in [2.45, 2.75) is 51.1 Å². The number of anilines is 1. The molecule has 3 rings (SSSR count). The number of nitrogens with zero attached hydrogens (tertiary/aromatic N) is 1. The van der Waals surface area contributed by atoms with Gasteiger partial charge in [-0.3, -0.25) is 0 Å². The van der Waals surface area contributed by atoms with Gasteiger partial charge in [0.1, 0.15) is 0 Å². The first-order valence-corrected chi connectivity index (χ1v) is 7.44. The van der Waals surface area contributed by atoms with E-state index in [4.69, 9.17) is 5.73 Å². The van der Waals surface area contributed by atoms with Crippen LogP contribution >= 0.6 is 0 Å². The van der Waals surface area contributed by atoms with Gasteiger partial charge in [-0.15, -0.1) is 0 Å². The Morgan fingerprint density at radius 2 is 1.72 bits per heavy atom. The van der Waals surface area contributed by atoms with Crippen LogP contribution in [0.25, 0.3) is 0 Å². The lowest BCUT2D eigenvalue weighted by atomic mass is 9.78. The molecule has 2 aliphatic rings. The van der Waals surface area contributed by atoms with Crippen LogP contribution in [0.5, 0.6) is 0 Å². The smallest absolute Gasteiger partial charge is 0.0369 e. The normalized spacial score (nSPS) is 27.9. The first-order chi connectivity index (χ1) is 8.88. The van der Waals surface area contributed by atoms with Gasteiger partial charge in [-0.1, -0.05) is 25.0 Å². The minimum Gasteiger partial charge on any atom is -0.368 e. The van der Waals surface area contributed by atoms with Gasteiger partial charge in [0.15, 0.2) is 0 Å². The van der Waals surface area contributed by atoms with E-state index in [1.165, 1.54) is 56.3 Å². The SMILES string of the molecule is NCc1ccc(N2CCC[C@H]3CCCC[C@H]32)cc1. The van der Waals surface area contributed by atoms with Gasteiger partial charge in [-0.2, -0.15) is 0 Å². The molecule has 0 aromatic heterocycles. The van der Waals surface area contributed by atoms with E-state index in [9.17, 15) is 0 Å². The standard InChI is InChI=1S/C16H24N2/c17-12-13-7-9-15(10-8-13)18-11-3-5-14-4-1-2-6-16(14)18/h7-10,14,16H,1-6,11-12,17H2/t14-,16-/m1/s1. The third-order valence-electron chi connectivity index (χ3n) is 4.75. The molecule has 0 radical (unpaired) electrons. The molecular weight excluding hydrogens is 220 g/mol. The van der Waals surface area contributed by atoms with Crippen molar-refractivity contribution in [2.75, 3.05) is 11.4 Å². The minimum absolute atomic E-state index is 0.645. The van der Waals surface area contributed by atoms with Crippen molar-refractivity contribution < 1.29 is 0 Å². The third kappa shape index (κ3) is 2.26.